The first-order valence-corrected chi connectivity index (χ1v) is 11.3. The van der Waals surface area contributed by atoms with E-state index < -0.39 is 22.0 Å². The van der Waals surface area contributed by atoms with Crippen LogP contribution in [0.25, 0.3) is 0 Å². The van der Waals surface area contributed by atoms with Crippen molar-refractivity contribution < 1.29 is 27.1 Å². The number of amides is 1. The number of carbonyl (C=O) groups is 1. The summed E-state index contributed by atoms with van der Waals surface area (Å²) in [6.45, 7) is 1.84. The zero-order chi connectivity index (χ0) is 22.6. The van der Waals surface area contributed by atoms with E-state index in [1.54, 1.807) is 49.4 Å². The van der Waals surface area contributed by atoms with Gasteiger partial charge in [-0.15, -0.1) is 0 Å². The minimum Gasteiger partial charge on any atom is -0.485 e. The minimum atomic E-state index is -3.69. The Kier molecular flexibility index (Phi) is 6.24. The number of ether oxygens (including phenoxy) is 2. The lowest BCUT2D eigenvalue weighted by Gasteiger charge is -2.24. The summed E-state index contributed by atoms with van der Waals surface area (Å²) in [6.07, 6.45) is 0.653. The second-order valence-corrected chi connectivity index (χ2v) is 8.73. The van der Waals surface area contributed by atoms with Crippen LogP contribution in [0.1, 0.15) is 18.2 Å². The Morgan fingerprint density at radius 3 is 2.53 bits per heavy atom. The first-order chi connectivity index (χ1) is 15.4. The van der Waals surface area contributed by atoms with Crippen molar-refractivity contribution in [3.63, 3.8) is 0 Å². The molecule has 0 saturated carbocycles. The van der Waals surface area contributed by atoms with Crippen molar-refractivity contribution in [2.45, 2.75) is 24.5 Å². The molecule has 10 heteroatoms. The third-order valence-electron chi connectivity index (χ3n) is 4.73. The van der Waals surface area contributed by atoms with Crippen molar-refractivity contribution in [2.24, 2.45) is 5.10 Å². The van der Waals surface area contributed by atoms with Crippen LogP contribution < -0.4 is 19.6 Å². The maximum absolute atomic E-state index is 12.4. The molecule has 3 aromatic rings. The average Bonchev–Trinajstić information content (AvgIpc) is 3.35. The topological polar surface area (TPSA) is 119 Å². The van der Waals surface area contributed by atoms with Gasteiger partial charge in [0.05, 0.1) is 23.4 Å². The molecule has 2 aromatic carbocycles. The molecule has 1 amide bonds. The molecular formula is C22H21N3O6S. The van der Waals surface area contributed by atoms with E-state index in [4.69, 9.17) is 13.9 Å². The SMILES string of the molecule is CC(=NNC(=O)C1COc2ccccc2O1)c1ccc(S(=O)(=O)NCc2ccco2)cc1. The van der Waals surface area contributed by atoms with E-state index in [9.17, 15) is 13.2 Å². The number of furan rings is 1. The molecule has 1 aliphatic heterocycles. The summed E-state index contributed by atoms with van der Waals surface area (Å²) >= 11 is 0. The van der Waals surface area contributed by atoms with Crippen molar-refractivity contribution in [1.82, 2.24) is 10.1 Å². The zero-order valence-electron chi connectivity index (χ0n) is 17.1. The van der Waals surface area contributed by atoms with Crippen molar-refractivity contribution in [1.29, 1.82) is 0 Å². The molecule has 1 unspecified atom stereocenters. The molecule has 0 spiro atoms. The van der Waals surface area contributed by atoms with E-state index in [1.165, 1.54) is 18.4 Å². The van der Waals surface area contributed by atoms with Crippen LogP contribution in [0.15, 0.2) is 81.3 Å². The van der Waals surface area contributed by atoms with Crippen molar-refractivity contribution in [3.8, 4) is 11.5 Å². The lowest BCUT2D eigenvalue weighted by atomic mass is 10.1. The van der Waals surface area contributed by atoms with E-state index in [-0.39, 0.29) is 18.0 Å². The molecule has 32 heavy (non-hydrogen) atoms. The number of nitrogens with zero attached hydrogens (tertiary/aromatic N) is 1. The highest BCUT2D eigenvalue weighted by Gasteiger charge is 2.27. The van der Waals surface area contributed by atoms with Gasteiger partial charge in [0.1, 0.15) is 12.4 Å². The lowest BCUT2D eigenvalue weighted by Crippen LogP contribution is -2.42. The van der Waals surface area contributed by atoms with Crippen molar-refractivity contribution in [3.05, 3.63) is 78.3 Å². The lowest BCUT2D eigenvalue weighted by molar-refractivity contribution is -0.130. The molecule has 0 fully saturated rings. The molecule has 0 bridgehead atoms. The average molecular weight is 455 g/mol. The molecule has 1 aromatic heterocycles. The van der Waals surface area contributed by atoms with Gasteiger partial charge in [-0.1, -0.05) is 24.3 Å². The molecule has 2 heterocycles. The van der Waals surface area contributed by atoms with Crippen LogP contribution in [-0.2, 0) is 21.4 Å². The summed E-state index contributed by atoms with van der Waals surface area (Å²) in [5, 5.41) is 4.09. The van der Waals surface area contributed by atoms with Gasteiger partial charge >= 0.3 is 0 Å². The Morgan fingerprint density at radius 2 is 1.81 bits per heavy atom. The number of hydrogen-bond donors (Lipinski definition) is 2. The number of rotatable bonds is 7. The Hall–Kier alpha value is -3.63. The second kappa shape index (κ2) is 9.25. The van der Waals surface area contributed by atoms with Crippen LogP contribution in [0.2, 0.25) is 0 Å². The quantitative estimate of drug-likeness (QED) is 0.417. The number of benzene rings is 2. The molecule has 4 rings (SSSR count). The van der Waals surface area contributed by atoms with Gasteiger partial charge in [-0.25, -0.2) is 18.6 Å². The van der Waals surface area contributed by atoms with Crippen LogP contribution in [-0.4, -0.2) is 32.7 Å². The van der Waals surface area contributed by atoms with Gasteiger partial charge in [0, 0.05) is 0 Å². The molecule has 1 atom stereocenters. The molecule has 0 radical (unpaired) electrons. The number of sulfonamides is 1. The van der Waals surface area contributed by atoms with Crippen LogP contribution in [0, 0.1) is 0 Å². The Labute approximate surface area is 185 Å². The number of hydrazone groups is 1. The normalized spacial score (nSPS) is 15.9. The van der Waals surface area contributed by atoms with E-state index in [0.717, 1.165) is 0 Å². The fourth-order valence-electron chi connectivity index (χ4n) is 2.96. The molecular weight excluding hydrogens is 434 g/mol. The smallest absolute Gasteiger partial charge is 0.284 e. The van der Waals surface area contributed by atoms with Gasteiger partial charge in [-0.05, 0) is 48.9 Å². The fourth-order valence-corrected chi connectivity index (χ4v) is 3.96. The van der Waals surface area contributed by atoms with E-state index in [1.807, 2.05) is 6.07 Å². The van der Waals surface area contributed by atoms with Crippen molar-refractivity contribution in [2.75, 3.05) is 6.61 Å². The third kappa shape index (κ3) is 4.98. The van der Waals surface area contributed by atoms with Crippen LogP contribution >= 0.6 is 0 Å². The molecule has 0 saturated heterocycles. The number of hydrogen-bond acceptors (Lipinski definition) is 7. The van der Waals surface area contributed by atoms with Gasteiger partial charge < -0.3 is 13.9 Å². The molecule has 166 valence electrons. The summed E-state index contributed by atoms with van der Waals surface area (Å²) in [6, 6.07) is 16.6. The first-order valence-electron chi connectivity index (χ1n) is 9.77. The third-order valence-corrected chi connectivity index (χ3v) is 6.15. The van der Waals surface area contributed by atoms with Crippen LogP contribution in [0.3, 0.4) is 0 Å². The van der Waals surface area contributed by atoms with Crippen LogP contribution in [0.5, 0.6) is 11.5 Å². The van der Waals surface area contributed by atoms with E-state index in [0.29, 0.717) is 28.5 Å². The molecule has 0 aliphatic carbocycles. The predicted molar refractivity (Wildman–Crippen MR) is 116 cm³/mol. The Bertz CT molecular complexity index is 1220. The van der Waals surface area contributed by atoms with Crippen molar-refractivity contribution >= 4 is 21.6 Å². The van der Waals surface area contributed by atoms with E-state index in [2.05, 4.69) is 15.2 Å². The number of para-hydroxylation sites is 2. The summed E-state index contributed by atoms with van der Waals surface area (Å²) in [7, 11) is -3.69. The summed E-state index contributed by atoms with van der Waals surface area (Å²) in [5.74, 6) is 1.15. The molecule has 2 N–H and O–H groups in total. The van der Waals surface area contributed by atoms with Gasteiger partial charge in [-0.3, -0.25) is 4.79 Å². The Morgan fingerprint density at radius 1 is 1.06 bits per heavy atom. The standard InChI is InChI=1S/C22H21N3O6S/c1-15(24-25-22(26)21-14-30-19-6-2-3-7-20(19)31-21)16-8-10-18(11-9-16)32(27,28)23-13-17-5-4-12-29-17/h2-12,21,23H,13-14H2,1H3,(H,25,26). The zero-order valence-corrected chi connectivity index (χ0v) is 18.0. The summed E-state index contributed by atoms with van der Waals surface area (Å²) in [5.41, 5.74) is 3.62. The molecule has 9 nitrogen and oxygen atoms in total. The number of nitrogens with one attached hydrogen (secondary N) is 2. The fraction of sp³-hybridized carbons (Fsp3) is 0.182. The maximum atomic E-state index is 12.4. The molecule has 1 aliphatic rings. The first kappa shape index (κ1) is 21.6. The van der Waals surface area contributed by atoms with Gasteiger partial charge in [-0.2, -0.15) is 5.10 Å². The monoisotopic (exact) mass is 455 g/mol. The van der Waals surface area contributed by atoms with Gasteiger partial charge in [0.15, 0.2) is 11.5 Å². The maximum Gasteiger partial charge on any atom is 0.284 e. The summed E-state index contributed by atoms with van der Waals surface area (Å²) in [4.78, 5) is 12.5. The second-order valence-electron chi connectivity index (χ2n) is 6.97. The van der Waals surface area contributed by atoms with E-state index >= 15 is 0 Å². The van der Waals surface area contributed by atoms with Gasteiger partial charge in [0.25, 0.3) is 5.91 Å². The van der Waals surface area contributed by atoms with Gasteiger partial charge in [0.2, 0.25) is 16.1 Å². The number of fused-ring (bicyclic) bond motifs is 1. The number of carbonyl (C=O) groups excluding carboxylic acids is 1. The highest BCUT2D eigenvalue weighted by Crippen LogP contribution is 2.30. The highest BCUT2D eigenvalue weighted by molar-refractivity contribution is 7.89. The minimum absolute atomic E-state index is 0.0566. The van der Waals surface area contributed by atoms with Crippen LogP contribution in [0.4, 0.5) is 0 Å². The predicted octanol–water partition coefficient (Wildman–Crippen LogP) is 2.44. The largest absolute Gasteiger partial charge is 0.485 e. The Balaban J connectivity index is 1.36. The summed E-state index contributed by atoms with van der Waals surface area (Å²) < 4.78 is 43.6. The highest BCUT2D eigenvalue weighted by atomic mass is 32.2.